The molecule has 0 aromatic heterocycles. The summed E-state index contributed by atoms with van der Waals surface area (Å²) in [5, 5.41) is 0. The summed E-state index contributed by atoms with van der Waals surface area (Å²) < 4.78 is 4.99. The maximum atomic E-state index is 2.66. The molecule has 0 N–H and O–H groups in total. The SMILES string of the molecule is Cc1cc(C)[c]([Sn]([CH3])([c]2c(C)cc(C)cc2C)[c]2c(C)cc(C)cc2C)c(C)c1. The molecule has 3 rings (SSSR count). The fourth-order valence-corrected chi connectivity index (χ4v) is 23.2. The first-order valence-electron chi connectivity index (χ1n) is 10.7. The summed E-state index contributed by atoms with van der Waals surface area (Å²) in [6.07, 6.45) is 0. The van der Waals surface area contributed by atoms with Crippen LogP contribution in [0, 0.1) is 62.3 Å². The van der Waals surface area contributed by atoms with Gasteiger partial charge in [0.05, 0.1) is 0 Å². The molecule has 152 valence electrons. The summed E-state index contributed by atoms with van der Waals surface area (Å²) in [4.78, 5) is 2.66. The van der Waals surface area contributed by atoms with Crippen molar-refractivity contribution in [2.24, 2.45) is 0 Å². The molecule has 0 radical (unpaired) electrons. The Morgan fingerprint density at radius 3 is 0.724 bits per heavy atom. The quantitative estimate of drug-likeness (QED) is 0.421. The van der Waals surface area contributed by atoms with Gasteiger partial charge in [0.1, 0.15) is 0 Å². The van der Waals surface area contributed by atoms with Crippen LogP contribution >= 0.6 is 0 Å². The third-order valence-electron chi connectivity index (χ3n) is 6.53. The molecule has 0 spiro atoms. The second kappa shape index (κ2) is 7.95. The van der Waals surface area contributed by atoms with E-state index in [9.17, 15) is 0 Å². The summed E-state index contributed by atoms with van der Waals surface area (Å²) in [7, 11) is 0. The van der Waals surface area contributed by atoms with Crippen LogP contribution in [0.5, 0.6) is 0 Å². The Kier molecular flexibility index (Phi) is 6.07. The molecule has 1 heteroatoms. The fourth-order valence-electron chi connectivity index (χ4n) is 6.28. The van der Waals surface area contributed by atoms with E-state index in [0.29, 0.717) is 0 Å². The summed E-state index contributed by atoms with van der Waals surface area (Å²) in [6.45, 7) is 20.7. The minimum absolute atomic E-state index is 1.37. The zero-order valence-corrected chi connectivity index (χ0v) is 22.8. The molecular weight excluding hydrogens is 455 g/mol. The van der Waals surface area contributed by atoms with Gasteiger partial charge in [0.2, 0.25) is 0 Å². The van der Waals surface area contributed by atoms with E-state index in [-0.39, 0.29) is 0 Å². The van der Waals surface area contributed by atoms with E-state index in [2.05, 4.69) is 104 Å². The van der Waals surface area contributed by atoms with Crippen LogP contribution in [0.15, 0.2) is 36.4 Å². The van der Waals surface area contributed by atoms with Gasteiger partial charge in [-0.05, 0) is 0 Å². The Bertz CT molecular complexity index is 893. The zero-order chi connectivity index (χ0) is 21.7. The Labute approximate surface area is 182 Å². The van der Waals surface area contributed by atoms with Crippen molar-refractivity contribution in [1.29, 1.82) is 0 Å². The molecule has 0 amide bonds. The third-order valence-corrected chi connectivity index (χ3v) is 21.8. The van der Waals surface area contributed by atoms with Gasteiger partial charge in [-0.25, -0.2) is 0 Å². The molecule has 0 saturated heterocycles. The van der Waals surface area contributed by atoms with Crippen LogP contribution in [0.25, 0.3) is 0 Å². The first-order chi connectivity index (χ1) is 13.5. The molecule has 3 aromatic carbocycles. The molecule has 3 aromatic rings. The molecule has 0 aliphatic rings. The van der Waals surface area contributed by atoms with Crippen molar-refractivity contribution >= 4 is 29.1 Å². The van der Waals surface area contributed by atoms with Gasteiger partial charge in [-0.2, -0.15) is 0 Å². The first kappa shape index (κ1) is 22.2. The van der Waals surface area contributed by atoms with Crippen LogP contribution in [0.4, 0.5) is 0 Å². The first-order valence-corrected chi connectivity index (χ1v) is 17.8. The second-order valence-electron chi connectivity index (χ2n) is 9.45. The normalized spacial score (nSPS) is 11.8. The summed E-state index contributed by atoms with van der Waals surface area (Å²) in [6, 6.07) is 14.4. The summed E-state index contributed by atoms with van der Waals surface area (Å²) in [5.41, 5.74) is 12.9. The van der Waals surface area contributed by atoms with Gasteiger partial charge in [0, 0.05) is 0 Å². The predicted molar refractivity (Wildman–Crippen MR) is 132 cm³/mol. The van der Waals surface area contributed by atoms with Crippen molar-refractivity contribution < 1.29 is 0 Å². The van der Waals surface area contributed by atoms with Crippen molar-refractivity contribution in [3.8, 4) is 0 Å². The van der Waals surface area contributed by atoms with Crippen molar-refractivity contribution in [2.75, 3.05) is 0 Å². The van der Waals surface area contributed by atoms with Crippen LogP contribution in [0.3, 0.4) is 0 Å². The van der Waals surface area contributed by atoms with Crippen LogP contribution in [0.2, 0.25) is 4.94 Å². The molecular formula is C28H36Sn. The van der Waals surface area contributed by atoms with Crippen molar-refractivity contribution in [3.63, 3.8) is 0 Å². The molecule has 0 aliphatic heterocycles. The molecule has 0 fully saturated rings. The molecule has 0 aliphatic carbocycles. The van der Waals surface area contributed by atoms with Crippen LogP contribution in [0.1, 0.15) is 50.1 Å². The minimum atomic E-state index is -3.24. The Balaban J connectivity index is 2.55. The molecule has 29 heavy (non-hydrogen) atoms. The van der Waals surface area contributed by atoms with E-state index in [1.54, 1.807) is 10.7 Å². The Hall–Kier alpha value is -1.54. The van der Waals surface area contributed by atoms with Crippen molar-refractivity contribution in [3.05, 3.63) is 86.5 Å². The number of hydrogen-bond donors (Lipinski definition) is 0. The predicted octanol–water partition coefficient (Wildman–Crippen LogP) is 5.56. The zero-order valence-electron chi connectivity index (χ0n) is 20.0. The summed E-state index contributed by atoms with van der Waals surface area (Å²) in [5.74, 6) is 0. The van der Waals surface area contributed by atoms with Gasteiger partial charge < -0.3 is 0 Å². The fraction of sp³-hybridized carbons (Fsp3) is 0.357. The molecule has 0 nitrogen and oxygen atoms in total. The van der Waals surface area contributed by atoms with Gasteiger partial charge in [0.15, 0.2) is 0 Å². The van der Waals surface area contributed by atoms with E-state index in [1.165, 1.54) is 50.1 Å². The molecule has 0 unspecified atom stereocenters. The monoisotopic (exact) mass is 492 g/mol. The average Bonchev–Trinajstić information content (AvgIpc) is 2.51. The second-order valence-corrected chi connectivity index (χ2v) is 20.1. The van der Waals surface area contributed by atoms with E-state index < -0.39 is 18.4 Å². The van der Waals surface area contributed by atoms with E-state index >= 15 is 0 Å². The van der Waals surface area contributed by atoms with Gasteiger partial charge in [-0.15, -0.1) is 0 Å². The molecule has 0 bridgehead atoms. The van der Waals surface area contributed by atoms with E-state index in [1.807, 2.05) is 0 Å². The number of benzene rings is 3. The molecule has 0 heterocycles. The van der Waals surface area contributed by atoms with Crippen LogP contribution in [-0.2, 0) is 0 Å². The van der Waals surface area contributed by atoms with Crippen LogP contribution in [-0.4, -0.2) is 18.4 Å². The van der Waals surface area contributed by atoms with E-state index in [4.69, 9.17) is 0 Å². The molecule has 0 saturated carbocycles. The number of hydrogen-bond acceptors (Lipinski definition) is 0. The Morgan fingerprint density at radius 1 is 0.379 bits per heavy atom. The summed E-state index contributed by atoms with van der Waals surface area (Å²) >= 11 is -3.24. The topological polar surface area (TPSA) is 0 Å². The van der Waals surface area contributed by atoms with Gasteiger partial charge >= 0.3 is 183 Å². The molecule has 0 atom stereocenters. The number of aryl methyl sites for hydroxylation is 9. The standard InChI is InChI=1S/3C9H11.CH3.Sn/c3*1-7-4-8(2)6-9(3)5-7;;/h3*4-5H,1-3H3;1H3;. The average molecular weight is 491 g/mol. The van der Waals surface area contributed by atoms with E-state index in [0.717, 1.165) is 0 Å². The van der Waals surface area contributed by atoms with Crippen molar-refractivity contribution in [1.82, 2.24) is 0 Å². The van der Waals surface area contributed by atoms with Gasteiger partial charge in [-0.1, -0.05) is 0 Å². The van der Waals surface area contributed by atoms with Gasteiger partial charge in [-0.3, -0.25) is 0 Å². The van der Waals surface area contributed by atoms with Gasteiger partial charge in [0.25, 0.3) is 0 Å². The third kappa shape index (κ3) is 3.81. The number of rotatable bonds is 3. The maximum absolute atomic E-state index is 3.24. The Morgan fingerprint density at radius 2 is 0.552 bits per heavy atom. The van der Waals surface area contributed by atoms with Crippen molar-refractivity contribution in [2.45, 2.75) is 67.3 Å². The van der Waals surface area contributed by atoms with Crippen LogP contribution < -0.4 is 10.7 Å².